The molecular formula is C17H27N3O2. The number of piperidine rings is 1. The number of anilines is 2. The number of aliphatic hydroxyl groups excluding tert-OH is 1. The quantitative estimate of drug-likeness (QED) is 0.899. The molecule has 0 aliphatic carbocycles. The van der Waals surface area contributed by atoms with Crippen molar-refractivity contribution in [2.75, 3.05) is 37.0 Å². The van der Waals surface area contributed by atoms with Crippen LogP contribution in [-0.2, 0) is 0 Å². The van der Waals surface area contributed by atoms with Crippen molar-refractivity contribution < 1.29 is 9.90 Å². The van der Waals surface area contributed by atoms with Gasteiger partial charge in [-0.15, -0.1) is 0 Å². The van der Waals surface area contributed by atoms with Gasteiger partial charge in [0.25, 0.3) is 0 Å². The number of hydrogen-bond donors (Lipinski definition) is 2. The number of amides is 2. The number of nitrogens with zero attached hydrogens (tertiary/aromatic N) is 2. The molecule has 0 radical (unpaired) electrons. The van der Waals surface area contributed by atoms with Crippen molar-refractivity contribution in [1.82, 2.24) is 4.90 Å². The van der Waals surface area contributed by atoms with Gasteiger partial charge in [0.15, 0.2) is 0 Å². The first-order valence-corrected chi connectivity index (χ1v) is 8.07. The first kappa shape index (κ1) is 16.6. The number of likely N-dealkylation sites (tertiary alicyclic amines) is 1. The summed E-state index contributed by atoms with van der Waals surface area (Å²) in [4.78, 5) is 16.5. The Bertz CT molecular complexity index is 506. The normalized spacial score (nSPS) is 21.5. The lowest BCUT2D eigenvalue weighted by Crippen LogP contribution is -2.51. The molecule has 22 heavy (non-hydrogen) atoms. The van der Waals surface area contributed by atoms with E-state index in [0.29, 0.717) is 12.5 Å². The molecule has 2 N–H and O–H groups in total. The van der Waals surface area contributed by atoms with E-state index in [9.17, 15) is 9.90 Å². The van der Waals surface area contributed by atoms with E-state index in [0.717, 1.165) is 30.8 Å². The zero-order chi connectivity index (χ0) is 16.1. The second-order valence-corrected chi connectivity index (χ2v) is 6.02. The SMILES string of the molecule is CCN(C)c1ccccc1NC(=O)N1CCCC(C)C1CO. The van der Waals surface area contributed by atoms with E-state index in [1.54, 1.807) is 4.90 Å². The molecule has 1 heterocycles. The van der Waals surface area contributed by atoms with Gasteiger partial charge in [-0.3, -0.25) is 0 Å². The Morgan fingerprint density at radius 2 is 2.18 bits per heavy atom. The number of benzene rings is 1. The van der Waals surface area contributed by atoms with Gasteiger partial charge >= 0.3 is 6.03 Å². The van der Waals surface area contributed by atoms with Crippen LogP contribution in [0.4, 0.5) is 16.2 Å². The van der Waals surface area contributed by atoms with Crippen LogP contribution in [0.2, 0.25) is 0 Å². The molecule has 1 aromatic rings. The Morgan fingerprint density at radius 1 is 1.45 bits per heavy atom. The number of aliphatic hydroxyl groups is 1. The number of carbonyl (C=O) groups excluding carboxylic acids is 1. The smallest absolute Gasteiger partial charge is 0.322 e. The molecule has 2 unspecified atom stereocenters. The highest BCUT2D eigenvalue weighted by molar-refractivity contribution is 5.93. The summed E-state index contributed by atoms with van der Waals surface area (Å²) in [6, 6.07) is 7.59. The molecule has 1 aliphatic heterocycles. The summed E-state index contributed by atoms with van der Waals surface area (Å²) in [5, 5.41) is 12.6. The lowest BCUT2D eigenvalue weighted by Gasteiger charge is -2.39. The minimum Gasteiger partial charge on any atom is -0.394 e. The van der Waals surface area contributed by atoms with Crippen molar-refractivity contribution in [1.29, 1.82) is 0 Å². The van der Waals surface area contributed by atoms with Gasteiger partial charge in [0.05, 0.1) is 24.0 Å². The lowest BCUT2D eigenvalue weighted by atomic mass is 9.91. The highest BCUT2D eigenvalue weighted by Crippen LogP contribution is 2.27. The van der Waals surface area contributed by atoms with E-state index in [1.165, 1.54) is 0 Å². The molecule has 0 saturated carbocycles. The van der Waals surface area contributed by atoms with Crippen LogP contribution in [0.25, 0.3) is 0 Å². The number of hydrogen-bond acceptors (Lipinski definition) is 3. The molecule has 1 saturated heterocycles. The van der Waals surface area contributed by atoms with Crippen LogP contribution in [0, 0.1) is 5.92 Å². The summed E-state index contributed by atoms with van der Waals surface area (Å²) >= 11 is 0. The van der Waals surface area contributed by atoms with Crippen molar-refractivity contribution in [2.45, 2.75) is 32.7 Å². The molecule has 2 rings (SSSR count). The van der Waals surface area contributed by atoms with Crippen LogP contribution in [0.5, 0.6) is 0 Å². The molecule has 0 bridgehead atoms. The Balaban J connectivity index is 2.15. The highest BCUT2D eigenvalue weighted by Gasteiger charge is 2.31. The zero-order valence-electron chi connectivity index (χ0n) is 13.7. The second-order valence-electron chi connectivity index (χ2n) is 6.02. The monoisotopic (exact) mass is 305 g/mol. The minimum atomic E-state index is -0.123. The molecule has 1 aromatic carbocycles. The summed E-state index contributed by atoms with van der Waals surface area (Å²) in [5.74, 6) is 0.332. The van der Waals surface area contributed by atoms with E-state index in [4.69, 9.17) is 0 Å². The number of para-hydroxylation sites is 2. The third-order valence-corrected chi connectivity index (χ3v) is 4.59. The number of carbonyl (C=O) groups is 1. The van der Waals surface area contributed by atoms with E-state index < -0.39 is 0 Å². The number of nitrogens with one attached hydrogen (secondary N) is 1. The fraction of sp³-hybridized carbons (Fsp3) is 0.588. The third-order valence-electron chi connectivity index (χ3n) is 4.59. The highest BCUT2D eigenvalue weighted by atomic mass is 16.3. The van der Waals surface area contributed by atoms with Crippen LogP contribution < -0.4 is 10.2 Å². The maximum absolute atomic E-state index is 12.6. The molecule has 1 aliphatic rings. The summed E-state index contributed by atoms with van der Waals surface area (Å²) in [6.07, 6.45) is 2.05. The maximum atomic E-state index is 12.6. The van der Waals surface area contributed by atoms with Gasteiger partial charge in [-0.05, 0) is 37.8 Å². The van der Waals surface area contributed by atoms with E-state index in [1.807, 2.05) is 31.3 Å². The van der Waals surface area contributed by atoms with Crippen LogP contribution in [0.15, 0.2) is 24.3 Å². The molecule has 0 spiro atoms. The minimum absolute atomic E-state index is 0.0189. The van der Waals surface area contributed by atoms with Gasteiger partial charge in [-0.2, -0.15) is 0 Å². The third kappa shape index (κ3) is 3.53. The molecule has 5 heteroatoms. The van der Waals surface area contributed by atoms with Crippen molar-refractivity contribution in [2.24, 2.45) is 5.92 Å². The molecule has 0 aromatic heterocycles. The Labute approximate surface area is 132 Å². The van der Waals surface area contributed by atoms with Crippen LogP contribution in [-0.4, -0.2) is 48.8 Å². The Morgan fingerprint density at radius 3 is 2.86 bits per heavy atom. The molecular weight excluding hydrogens is 278 g/mol. The van der Waals surface area contributed by atoms with Gasteiger partial charge in [-0.1, -0.05) is 19.1 Å². The first-order chi connectivity index (χ1) is 10.6. The molecule has 122 valence electrons. The van der Waals surface area contributed by atoms with Crippen molar-refractivity contribution in [3.05, 3.63) is 24.3 Å². The molecule has 5 nitrogen and oxygen atoms in total. The van der Waals surface area contributed by atoms with Gasteiger partial charge < -0.3 is 20.2 Å². The average Bonchev–Trinajstić information content (AvgIpc) is 2.54. The second kappa shape index (κ2) is 7.49. The Kier molecular flexibility index (Phi) is 5.66. The average molecular weight is 305 g/mol. The number of urea groups is 1. The molecule has 1 fully saturated rings. The van der Waals surface area contributed by atoms with Crippen LogP contribution in [0.1, 0.15) is 26.7 Å². The summed E-state index contributed by atoms with van der Waals surface area (Å²) in [6.45, 7) is 5.76. The first-order valence-electron chi connectivity index (χ1n) is 8.07. The lowest BCUT2D eigenvalue weighted by molar-refractivity contribution is 0.0811. The van der Waals surface area contributed by atoms with E-state index in [2.05, 4.69) is 24.1 Å². The molecule has 2 amide bonds. The number of rotatable bonds is 4. The fourth-order valence-corrected chi connectivity index (χ4v) is 3.05. The zero-order valence-corrected chi connectivity index (χ0v) is 13.7. The van der Waals surface area contributed by atoms with Crippen LogP contribution in [0.3, 0.4) is 0 Å². The van der Waals surface area contributed by atoms with Crippen molar-refractivity contribution in [3.8, 4) is 0 Å². The topological polar surface area (TPSA) is 55.8 Å². The fourth-order valence-electron chi connectivity index (χ4n) is 3.05. The summed E-state index contributed by atoms with van der Waals surface area (Å²) < 4.78 is 0. The Hall–Kier alpha value is -1.75. The van der Waals surface area contributed by atoms with Crippen molar-refractivity contribution in [3.63, 3.8) is 0 Å². The van der Waals surface area contributed by atoms with E-state index in [-0.39, 0.29) is 18.7 Å². The van der Waals surface area contributed by atoms with E-state index >= 15 is 0 Å². The van der Waals surface area contributed by atoms with Gasteiger partial charge in [0, 0.05) is 20.1 Å². The van der Waals surface area contributed by atoms with Crippen molar-refractivity contribution >= 4 is 17.4 Å². The maximum Gasteiger partial charge on any atom is 0.322 e. The van der Waals surface area contributed by atoms with Gasteiger partial charge in [0.2, 0.25) is 0 Å². The molecule has 2 atom stereocenters. The largest absolute Gasteiger partial charge is 0.394 e. The summed E-state index contributed by atoms with van der Waals surface area (Å²) in [5.41, 5.74) is 1.82. The standard InChI is InChI=1S/C17H27N3O2/c1-4-19(3)15-10-6-5-9-14(15)18-17(22)20-11-7-8-13(2)16(20)12-21/h5-6,9-10,13,16,21H,4,7-8,11-12H2,1-3H3,(H,18,22). The van der Waals surface area contributed by atoms with Crippen LogP contribution >= 0.6 is 0 Å². The summed E-state index contributed by atoms with van der Waals surface area (Å²) in [7, 11) is 2.00. The predicted molar refractivity (Wildman–Crippen MR) is 90.4 cm³/mol. The van der Waals surface area contributed by atoms with Gasteiger partial charge in [0.1, 0.15) is 0 Å². The predicted octanol–water partition coefficient (Wildman–Crippen LogP) is 2.77. The van der Waals surface area contributed by atoms with Gasteiger partial charge in [-0.25, -0.2) is 4.79 Å².